The van der Waals surface area contributed by atoms with Crippen molar-refractivity contribution in [1.29, 1.82) is 0 Å². The number of aromatic nitrogens is 1. The first-order valence-electron chi connectivity index (χ1n) is 5.38. The third-order valence-corrected chi connectivity index (χ3v) is 4.10. The van der Waals surface area contributed by atoms with Gasteiger partial charge in [-0.3, -0.25) is 4.98 Å². The predicted octanol–water partition coefficient (Wildman–Crippen LogP) is 2.91. The van der Waals surface area contributed by atoms with Gasteiger partial charge in [0.25, 0.3) is 0 Å². The van der Waals surface area contributed by atoms with E-state index in [-0.39, 0.29) is 6.79 Å². The first-order chi connectivity index (χ1) is 8.74. The second kappa shape index (κ2) is 4.87. The van der Waals surface area contributed by atoms with Crippen LogP contribution in [-0.2, 0) is 6.42 Å². The number of fused-ring (bicyclic) bond motifs is 1. The largest absolute Gasteiger partial charge is 0.454 e. The van der Waals surface area contributed by atoms with Gasteiger partial charge in [-0.1, -0.05) is 0 Å². The van der Waals surface area contributed by atoms with Gasteiger partial charge in [-0.25, -0.2) is 0 Å². The minimum Gasteiger partial charge on any atom is -0.454 e. The third kappa shape index (κ3) is 2.23. The minimum absolute atomic E-state index is 0.225. The van der Waals surface area contributed by atoms with Crippen LogP contribution < -0.4 is 9.47 Å². The molecule has 0 saturated carbocycles. The molecule has 94 valence electrons. The Labute approximate surface area is 116 Å². The van der Waals surface area contributed by atoms with Crippen LogP contribution in [0.15, 0.2) is 28.3 Å². The molecule has 4 nitrogen and oxygen atoms in total. The standard InChI is InChI=1S/C12H10BrNO3S/c13-9-1-7(2-11-12(9)17-6-16-11)10(15)3-8-4-14-5-18-8/h1-2,4-5,10,15H,3,6H2. The summed E-state index contributed by atoms with van der Waals surface area (Å²) in [6.07, 6.45) is 1.75. The molecule has 0 radical (unpaired) electrons. The van der Waals surface area contributed by atoms with Gasteiger partial charge in [-0.2, -0.15) is 0 Å². The van der Waals surface area contributed by atoms with Crippen molar-refractivity contribution in [2.24, 2.45) is 0 Å². The van der Waals surface area contributed by atoms with Crippen LogP contribution >= 0.6 is 27.3 Å². The molecule has 1 aliphatic rings. The Bertz CT molecular complexity index is 559. The van der Waals surface area contributed by atoms with Gasteiger partial charge in [0.15, 0.2) is 11.5 Å². The molecule has 3 rings (SSSR count). The number of hydrogen-bond acceptors (Lipinski definition) is 5. The number of thiazole rings is 1. The molecule has 2 aromatic rings. The number of aliphatic hydroxyl groups is 1. The molecule has 1 N–H and O–H groups in total. The van der Waals surface area contributed by atoms with Crippen molar-refractivity contribution in [3.05, 3.63) is 38.8 Å². The molecule has 1 atom stereocenters. The zero-order chi connectivity index (χ0) is 12.5. The Morgan fingerprint density at radius 2 is 2.33 bits per heavy atom. The average Bonchev–Trinajstić information content (AvgIpc) is 2.98. The molecule has 1 unspecified atom stereocenters. The van der Waals surface area contributed by atoms with Gasteiger partial charge in [0.1, 0.15) is 0 Å². The van der Waals surface area contributed by atoms with E-state index >= 15 is 0 Å². The fraction of sp³-hybridized carbons (Fsp3) is 0.250. The van der Waals surface area contributed by atoms with Crippen molar-refractivity contribution in [3.8, 4) is 11.5 Å². The van der Waals surface area contributed by atoms with Crippen LogP contribution in [0.1, 0.15) is 16.5 Å². The van der Waals surface area contributed by atoms with Crippen LogP contribution in [0.5, 0.6) is 11.5 Å². The highest BCUT2D eigenvalue weighted by molar-refractivity contribution is 9.10. The highest BCUT2D eigenvalue weighted by atomic mass is 79.9. The lowest BCUT2D eigenvalue weighted by Crippen LogP contribution is -2.00. The minimum atomic E-state index is -0.573. The van der Waals surface area contributed by atoms with E-state index in [1.165, 1.54) is 11.3 Å². The van der Waals surface area contributed by atoms with Gasteiger partial charge in [-0.15, -0.1) is 11.3 Å². The number of hydrogen-bond donors (Lipinski definition) is 1. The third-order valence-electron chi connectivity index (χ3n) is 2.71. The molecular weight excluding hydrogens is 318 g/mol. The monoisotopic (exact) mass is 327 g/mol. The van der Waals surface area contributed by atoms with Gasteiger partial charge >= 0.3 is 0 Å². The van der Waals surface area contributed by atoms with E-state index in [0.717, 1.165) is 14.9 Å². The summed E-state index contributed by atoms with van der Waals surface area (Å²) in [6, 6.07) is 3.68. The lowest BCUT2D eigenvalue weighted by Gasteiger charge is -2.11. The quantitative estimate of drug-likeness (QED) is 0.941. The van der Waals surface area contributed by atoms with Crippen LogP contribution in [0.4, 0.5) is 0 Å². The summed E-state index contributed by atoms with van der Waals surface area (Å²) in [5.41, 5.74) is 2.57. The zero-order valence-corrected chi connectivity index (χ0v) is 11.7. The number of halogens is 1. The van der Waals surface area contributed by atoms with Crippen molar-refractivity contribution in [1.82, 2.24) is 4.98 Å². The van der Waals surface area contributed by atoms with Gasteiger partial charge in [0.2, 0.25) is 6.79 Å². The molecule has 0 saturated heterocycles. The summed E-state index contributed by atoms with van der Waals surface area (Å²) >= 11 is 4.96. The summed E-state index contributed by atoms with van der Waals surface area (Å²) in [5, 5.41) is 10.2. The Morgan fingerprint density at radius 3 is 3.11 bits per heavy atom. The predicted molar refractivity (Wildman–Crippen MR) is 71.0 cm³/mol. The van der Waals surface area contributed by atoms with Crippen LogP contribution in [0, 0.1) is 0 Å². The first-order valence-corrected chi connectivity index (χ1v) is 7.06. The van der Waals surface area contributed by atoms with E-state index in [2.05, 4.69) is 20.9 Å². The molecule has 2 heterocycles. The number of aliphatic hydroxyl groups excluding tert-OH is 1. The van der Waals surface area contributed by atoms with Gasteiger partial charge < -0.3 is 14.6 Å². The summed E-state index contributed by atoms with van der Waals surface area (Å²) < 4.78 is 11.4. The first kappa shape index (κ1) is 12.0. The fourth-order valence-corrected chi connectivity index (χ4v) is 3.04. The molecule has 6 heteroatoms. The van der Waals surface area contributed by atoms with Crippen molar-refractivity contribution in [3.63, 3.8) is 0 Å². The summed E-state index contributed by atoms with van der Waals surface area (Å²) in [6.45, 7) is 0.225. The van der Waals surface area contributed by atoms with E-state index in [1.54, 1.807) is 11.7 Å². The summed E-state index contributed by atoms with van der Waals surface area (Å²) in [4.78, 5) is 5.05. The molecule has 0 spiro atoms. The van der Waals surface area contributed by atoms with Crippen molar-refractivity contribution >= 4 is 27.3 Å². The van der Waals surface area contributed by atoms with E-state index in [4.69, 9.17) is 9.47 Å². The Hall–Kier alpha value is -1.11. The maximum atomic E-state index is 10.2. The molecule has 1 aliphatic heterocycles. The van der Waals surface area contributed by atoms with Crippen LogP contribution in [-0.4, -0.2) is 16.9 Å². The smallest absolute Gasteiger partial charge is 0.231 e. The summed E-state index contributed by atoms with van der Waals surface area (Å²) in [7, 11) is 0. The molecule has 1 aromatic carbocycles. The molecule has 0 fully saturated rings. The highest BCUT2D eigenvalue weighted by Gasteiger charge is 2.20. The van der Waals surface area contributed by atoms with Crippen LogP contribution in [0.25, 0.3) is 0 Å². The lowest BCUT2D eigenvalue weighted by atomic mass is 10.1. The Kier molecular flexibility index (Phi) is 3.23. The van der Waals surface area contributed by atoms with Crippen LogP contribution in [0.3, 0.4) is 0 Å². The fourth-order valence-electron chi connectivity index (χ4n) is 1.83. The summed E-state index contributed by atoms with van der Waals surface area (Å²) in [5.74, 6) is 1.37. The lowest BCUT2D eigenvalue weighted by molar-refractivity contribution is 0.171. The van der Waals surface area contributed by atoms with E-state index < -0.39 is 6.10 Å². The maximum absolute atomic E-state index is 10.2. The molecule has 0 amide bonds. The highest BCUT2D eigenvalue weighted by Crippen LogP contribution is 2.41. The van der Waals surface area contributed by atoms with Crippen molar-refractivity contribution < 1.29 is 14.6 Å². The molecule has 18 heavy (non-hydrogen) atoms. The average molecular weight is 328 g/mol. The second-order valence-electron chi connectivity index (χ2n) is 3.92. The molecule has 0 bridgehead atoms. The zero-order valence-electron chi connectivity index (χ0n) is 9.30. The number of benzene rings is 1. The number of rotatable bonds is 3. The molecule has 0 aliphatic carbocycles. The van der Waals surface area contributed by atoms with Crippen molar-refractivity contribution in [2.45, 2.75) is 12.5 Å². The van der Waals surface area contributed by atoms with Gasteiger partial charge in [0, 0.05) is 17.5 Å². The topological polar surface area (TPSA) is 51.6 Å². The Morgan fingerprint density at radius 1 is 1.44 bits per heavy atom. The van der Waals surface area contributed by atoms with E-state index in [0.29, 0.717) is 17.9 Å². The Balaban J connectivity index is 1.86. The van der Waals surface area contributed by atoms with E-state index in [1.807, 2.05) is 12.1 Å². The number of ether oxygens (including phenoxy) is 2. The number of nitrogens with zero attached hydrogens (tertiary/aromatic N) is 1. The SMILES string of the molecule is OC(Cc1cncs1)c1cc(Br)c2c(c1)OCO2. The molecular formula is C12H10BrNO3S. The van der Waals surface area contributed by atoms with Crippen LogP contribution in [0.2, 0.25) is 0 Å². The maximum Gasteiger partial charge on any atom is 0.231 e. The van der Waals surface area contributed by atoms with Gasteiger partial charge in [-0.05, 0) is 33.6 Å². The second-order valence-corrected chi connectivity index (χ2v) is 5.75. The molecule has 1 aromatic heterocycles. The van der Waals surface area contributed by atoms with Crippen molar-refractivity contribution in [2.75, 3.05) is 6.79 Å². The van der Waals surface area contributed by atoms with E-state index in [9.17, 15) is 5.11 Å². The van der Waals surface area contributed by atoms with Gasteiger partial charge in [0.05, 0.1) is 16.1 Å². The normalized spacial score (nSPS) is 14.8.